The van der Waals surface area contributed by atoms with E-state index in [1.807, 2.05) is 0 Å². The summed E-state index contributed by atoms with van der Waals surface area (Å²) >= 11 is 11.8. The van der Waals surface area contributed by atoms with Crippen LogP contribution in [0, 0.1) is 0 Å². The van der Waals surface area contributed by atoms with Crippen molar-refractivity contribution >= 4 is 50.6 Å². The van der Waals surface area contributed by atoms with Crippen LogP contribution in [0.4, 0.5) is 11.5 Å². The Morgan fingerprint density at radius 3 is 2.59 bits per heavy atom. The van der Waals surface area contributed by atoms with Gasteiger partial charge in [-0.3, -0.25) is 14.2 Å². The summed E-state index contributed by atoms with van der Waals surface area (Å²) in [5.74, 6) is -0.0327. The zero-order chi connectivity index (χ0) is 19.6. The van der Waals surface area contributed by atoms with Crippen LogP contribution in [0.25, 0.3) is 0 Å². The van der Waals surface area contributed by atoms with Crippen LogP contribution in [-0.4, -0.2) is 24.1 Å². The molecule has 2 N–H and O–H groups in total. The van der Waals surface area contributed by atoms with E-state index in [4.69, 9.17) is 23.2 Å². The number of carbonyl (C=O) groups excluding carboxylic acids is 1. The number of rotatable bonds is 5. The van der Waals surface area contributed by atoms with E-state index in [-0.39, 0.29) is 26.2 Å². The highest BCUT2D eigenvalue weighted by Crippen LogP contribution is 2.27. The van der Waals surface area contributed by atoms with Crippen molar-refractivity contribution in [1.29, 1.82) is 0 Å². The number of amides is 1. The Kier molecular flexibility index (Phi) is 5.41. The fraction of sp³-hybridized carbons (Fsp3) is 0.0588. The van der Waals surface area contributed by atoms with Gasteiger partial charge < -0.3 is 5.32 Å². The third-order valence-corrected chi connectivity index (χ3v) is 5.61. The predicted molar refractivity (Wildman–Crippen MR) is 105 cm³/mol. The van der Waals surface area contributed by atoms with Crippen molar-refractivity contribution in [3.05, 3.63) is 70.3 Å². The number of benzene rings is 2. The molecule has 1 amide bonds. The zero-order valence-corrected chi connectivity index (χ0v) is 16.3. The molecule has 10 heteroatoms. The second-order valence-corrected chi connectivity index (χ2v) is 8.08. The van der Waals surface area contributed by atoms with Gasteiger partial charge in [-0.1, -0.05) is 29.3 Å². The number of aryl methyl sites for hydroxylation is 1. The first kappa shape index (κ1) is 19.2. The highest BCUT2D eigenvalue weighted by Gasteiger charge is 2.19. The normalized spacial score (nSPS) is 11.2. The Bertz CT molecular complexity index is 1110. The summed E-state index contributed by atoms with van der Waals surface area (Å²) in [6.07, 6.45) is 1.69. The lowest BCUT2D eigenvalue weighted by Gasteiger charge is -2.11. The molecule has 1 aromatic heterocycles. The highest BCUT2D eigenvalue weighted by atomic mass is 35.5. The van der Waals surface area contributed by atoms with E-state index in [1.54, 1.807) is 36.1 Å². The molecule has 27 heavy (non-hydrogen) atoms. The van der Waals surface area contributed by atoms with Crippen molar-refractivity contribution in [3.8, 4) is 0 Å². The first-order chi connectivity index (χ1) is 12.7. The van der Waals surface area contributed by atoms with Gasteiger partial charge >= 0.3 is 0 Å². The monoisotopic (exact) mass is 424 g/mol. The summed E-state index contributed by atoms with van der Waals surface area (Å²) in [6.45, 7) is 0. The van der Waals surface area contributed by atoms with Crippen molar-refractivity contribution in [2.45, 2.75) is 4.90 Å². The molecule has 0 bridgehead atoms. The van der Waals surface area contributed by atoms with Gasteiger partial charge in [0, 0.05) is 35.6 Å². The van der Waals surface area contributed by atoms with Gasteiger partial charge in [0.2, 0.25) is 0 Å². The zero-order valence-electron chi connectivity index (χ0n) is 14.0. The standard InChI is InChI=1S/C17H14Cl2N4O3S/c1-23-8-7-16(21-23)20-17(24)11-3-2-4-13(9-11)22-27(25,26)15-10-12(18)5-6-14(15)19/h2-10,22H,1H3,(H,20,21,24). The molecule has 0 atom stereocenters. The smallest absolute Gasteiger partial charge is 0.263 e. The minimum atomic E-state index is -3.98. The Balaban J connectivity index is 1.83. The van der Waals surface area contributed by atoms with Crippen LogP contribution in [-0.2, 0) is 17.1 Å². The van der Waals surface area contributed by atoms with Gasteiger partial charge in [0.25, 0.3) is 15.9 Å². The summed E-state index contributed by atoms with van der Waals surface area (Å²) in [7, 11) is -2.25. The van der Waals surface area contributed by atoms with Crippen LogP contribution in [0.3, 0.4) is 0 Å². The molecule has 0 unspecified atom stereocenters. The van der Waals surface area contributed by atoms with E-state index < -0.39 is 15.9 Å². The van der Waals surface area contributed by atoms with Gasteiger partial charge in [0.15, 0.2) is 5.82 Å². The second kappa shape index (κ2) is 7.59. The molecule has 0 aliphatic heterocycles. The molecule has 0 radical (unpaired) electrons. The molecule has 140 valence electrons. The molecular weight excluding hydrogens is 411 g/mol. The number of hydrogen-bond acceptors (Lipinski definition) is 4. The fourth-order valence-corrected chi connectivity index (χ4v) is 4.10. The van der Waals surface area contributed by atoms with Gasteiger partial charge in [-0.05, 0) is 36.4 Å². The Labute approximate surface area is 166 Å². The summed E-state index contributed by atoms with van der Waals surface area (Å²) < 4.78 is 29.1. The highest BCUT2D eigenvalue weighted by molar-refractivity contribution is 7.92. The largest absolute Gasteiger partial charge is 0.305 e. The maximum Gasteiger partial charge on any atom is 0.263 e. The van der Waals surface area contributed by atoms with Gasteiger partial charge in [0.1, 0.15) is 4.90 Å². The SMILES string of the molecule is Cn1ccc(NC(=O)c2cccc(NS(=O)(=O)c3cc(Cl)ccc3Cl)c2)n1. The maximum absolute atomic E-state index is 12.6. The average Bonchev–Trinajstić information content (AvgIpc) is 3.01. The molecule has 7 nitrogen and oxygen atoms in total. The lowest BCUT2D eigenvalue weighted by atomic mass is 10.2. The summed E-state index contributed by atoms with van der Waals surface area (Å²) in [4.78, 5) is 12.2. The number of halogens is 2. The van der Waals surface area contributed by atoms with E-state index in [2.05, 4.69) is 15.1 Å². The van der Waals surface area contributed by atoms with Gasteiger partial charge in [-0.15, -0.1) is 0 Å². The van der Waals surface area contributed by atoms with Gasteiger partial charge in [-0.25, -0.2) is 8.42 Å². The van der Waals surface area contributed by atoms with E-state index in [1.165, 1.54) is 30.3 Å². The third-order valence-electron chi connectivity index (χ3n) is 3.51. The lowest BCUT2D eigenvalue weighted by molar-refractivity contribution is 0.102. The number of aromatic nitrogens is 2. The van der Waals surface area contributed by atoms with E-state index in [9.17, 15) is 13.2 Å². The van der Waals surface area contributed by atoms with E-state index in [0.29, 0.717) is 5.82 Å². The second-order valence-electron chi connectivity index (χ2n) is 5.59. The minimum absolute atomic E-state index is 0.0379. The number of hydrogen-bond donors (Lipinski definition) is 2. The quantitative estimate of drug-likeness (QED) is 0.651. The van der Waals surface area contributed by atoms with Crippen LogP contribution >= 0.6 is 23.2 Å². The summed E-state index contributed by atoms with van der Waals surface area (Å²) in [6, 6.07) is 11.8. The summed E-state index contributed by atoms with van der Waals surface area (Å²) in [5.41, 5.74) is 0.470. The molecule has 0 fully saturated rings. The molecule has 0 saturated heterocycles. The molecule has 3 aromatic rings. The Morgan fingerprint density at radius 1 is 1.11 bits per heavy atom. The molecule has 1 heterocycles. The first-order valence-electron chi connectivity index (χ1n) is 7.63. The van der Waals surface area contributed by atoms with Crippen molar-refractivity contribution in [2.24, 2.45) is 7.05 Å². The van der Waals surface area contributed by atoms with Crippen molar-refractivity contribution in [2.75, 3.05) is 10.0 Å². The molecule has 0 saturated carbocycles. The number of nitrogens with one attached hydrogen (secondary N) is 2. The maximum atomic E-state index is 12.6. The van der Waals surface area contributed by atoms with Crippen LogP contribution in [0.1, 0.15) is 10.4 Å². The van der Waals surface area contributed by atoms with Gasteiger partial charge in [0.05, 0.1) is 5.02 Å². The Morgan fingerprint density at radius 2 is 1.89 bits per heavy atom. The van der Waals surface area contributed by atoms with Crippen LogP contribution < -0.4 is 10.0 Å². The van der Waals surface area contributed by atoms with Crippen molar-refractivity contribution in [3.63, 3.8) is 0 Å². The number of nitrogens with zero attached hydrogens (tertiary/aromatic N) is 2. The van der Waals surface area contributed by atoms with Crippen molar-refractivity contribution in [1.82, 2.24) is 9.78 Å². The fourth-order valence-electron chi connectivity index (χ4n) is 2.29. The molecule has 2 aromatic carbocycles. The third kappa shape index (κ3) is 4.60. The Hall–Kier alpha value is -2.55. The minimum Gasteiger partial charge on any atom is -0.305 e. The van der Waals surface area contributed by atoms with Crippen LogP contribution in [0.2, 0.25) is 10.0 Å². The number of carbonyl (C=O) groups is 1. The molecule has 0 aliphatic carbocycles. The van der Waals surface area contributed by atoms with Crippen molar-refractivity contribution < 1.29 is 13.2 Å². The number of anilines is 2. The molecule has 0 aliphatic rings. The van der Waals surface area contributed by atoms with Gasteiger partial charge in [-0.2, -0.15) is 5.10 Å². The van der Waals surface area contributed by atoms with Crippen LogP contribution in [0.5, 0.6) is 0 Å². The number of sulfonamides is 1. The molecule has 0 spiro atoms. The summed E-state index contributed by atoms with van der Waals surface area (Å²) in [5, 5.41) is 6.97. The average molecular weight is 425 g/mol. The molecule has 3 rings (SSSR count). The topological polar surface area (TPSA) is 93.1 Å². The lowest BCUT2D eigenvalue weighted by Crippen LogP contribution is -2.15. The van der Waals surface area contributed by atoms with Crippen LogP contribution in [0.15, 0.2) is 59.6 Å². The molecular formula is C17H14Cl2N4O3S. The predicted octanol–water partition coefficient (Wildman–Crippen LogP) is 3.78. The van der Waals surface area contributed by atoms with E-state index >= 15 is 0 Å². The first-order valence-corrected chi connectivity index (χ1v) is 9.87. The van der Waals surface area contributed by atoms with E-state index in [0.717, 1.165) is 0 Å².